The zero-order valence-corrected chi connectivity index (χ0v) is 12.9. The first-order valence-corrected chi connectivity index (χ1v) is 6.99. The number of rotatable bonds is 5. The Hall–Kier alpha value is -2.67. The molecule has 2 N–H and O–H groups in total. The Morgan fingerprint density at radius 3 is 2.61 bits per heavy atom. The van der Waals surface area contributed by atoms with Crippen LogP contribution in [-0.4, -0.2) is 17.4 Å². The van der Waals surface area contributed by atoms with Gasteiger partial charge in [0, 0.05) is 6.07 Å². The van der Waals surface area contributed by atoms with Crippen LogP contribution in [0, 0.1) is 22.9 Å². The fourth-order valence-corrected chi connectivity index (χ4v) is 2.14. The Morgan fingerprint density at radius 1 is 1.26 bits per heavy atom. The standard InChI is InChI=1S/C15H13ClFN3O3/c1-9-11(5-3-7-13(9)20(22)23)19-14(21)8-18-12-6-2-4-10(16)15(12)17/h2-7,18H,8H2,1H3,(H,19,21). The smallest absolute Gasteiger partial charge is 0.274 e. The van der Waals surface area contributed by atoms with E-state index in [-0.39, 0.29) is 22.9 Å². The minimum atomic E-state index is -0.645. The maximum absolute atomic E-state index is 13.7. The summed E-state index contributed by atoms with van der Waals surface area (Å²) in [5, 5.41) is 16.0. The number of anilines is 2. The highest BCUT2D eigenvalue weighted by Gasteiger charge is 2.15. The highest BCUT2D eigenvalue weighted by Crippen LogP contribution is 2.25. The maximum atomic E-state index is 13.7. The number of nitrogens with zero attached hydrogens (tertiary/aromatic N) is 1. The zero-order valence-electron chi connectivity index (χ0n) is 12.1. The number of carbonyl (C=O) groups excluding carboxylic acids is 1. The van der Waals surface area contributed by atoms with Crippen molar-refractivity contribution in [3.8, 4) is 0 Å². The van der Waals surface area contributed by atoms with E-state index >= 15 is 0 Å². The van der Waals surface area contributed by atoms with Gasteiger partial charge in [0.15, 0.2) is 5.82 Å². The molecule has 0 bridgehead atoms. The van der Waals surface area contributed by atoms with Crippen LogP contribution in [-0.2, 0) is 4.79 Å². The van der Waals surface area contributed by atoms with Crippen LogP contribution in [0.25, 0.3) is 0 Å². The summed E-state index contributed by atoms with van der Waals surface area (Å²) < 4.78 is 13.7. The van der Waals surface area contributed by atoms with E-state index in [2.05, 4.69) is 10.6 Å². The number of halogens is 2. The second-order valence-electron chi connectivity index (χ2n) is 4.71. The van der Waals surface area contributed by atoms with Gasteiger partial charge in [0.1, 0.15) is 0 Å². The van der Waals surface area contributed by atoms with Crippen LogP contribution in [0.4, 0.5) is 21.5 Å². The molecular formula is C15H13ClFN3O3. The second kappa shape index (κ2) is 7.06. The van der Waals surface area contributed by atoms with Gasteiger partial charge in [-0.05, 0) is 25.1 Å². The molecule has 0 atom stereocenters. The molecule has 23 heavy (non-hydrogen) atoms. The number of nitro benzene ring substituents is 1. The molecule has 2 rings (SSSR count). The van der Waals surface area contributed by atoms with Gasteiger partial charge >= 0.3 is 0 Å². The van der Waals surface area contributed by atoms with Crippen LogP contribution in [0.3, 0.4) is 0 Å². The Morgan fingerprint density at radius 2 is 1.91 bits per heavy atom. The van der Waals surface area contributed by atoms with Gasteiger partial charge in [-0.15, -0.1) is 0 Å². The predicted octanol–water partition coefficient (Wildman–Crippen LogP) is 3.75. The van der Waals surface area contributed by atoms with Crippen molar-refractivity contribution in [2.75, 3.05) is 17.2 Å². The molecule has 0 radical (unpaired) electrons. The minimum Gasteiger partial charge on any atom is -0.374 e. The van der Waals surface area contributed by atoms with Crippen LogP contribution >= 0.6 is 11.6 Å². The van der Waals surface area contributed by atoms with Crippen LogP contribution in [0.5, 0.6) is 0 Å². The number of nitro groups is 1. The minimum absolute atomic E-state index is 0.0510. The van der Waals surface area contributed by atoms with Gasteiger partial charge in [-0.25, -0.2) is 4.39 Å². The van der Waals surface area contributed by atoms with E-state index < -0.39 is 16.6 Å². The lowest BCUT2D eigenvalue weighted by Gasteiger charge is -2.11. The summed E-state index contributed by atoms with van der Waals surface area (Å²) in [7, 11) is 0. The lowest BCUT2D eigenvalue weighted by molar-refractivity contribution is -0.385. The van der Waals surface area contributed by atoms with Gasteiger partial charge in [-0.1, -0.05) is 23.7 Å². The quantitative estimate of drug-likeness (QED) is 0.643. The maximum Gasteiger partial charge on any atom is 0.274 e. The molecule has 0 unspecified atom stereocenters. The first-order chi connectivity index (χ1) is 10.9. The number of hydrogen-bond acceptors (Lipinski definition) is 4. The Labute approximate surface area is 136 Å². The second-order valence-corrected chi connectivity index (χ2v) is 5.12. The first-order valence-electron chi connectivity index (χ1n) is 6.62. The largest absolute Gasteiger partial charge is 0.374 e. The zero-order chi connectivity index (χ0) is 17.0. The molecule has 6 nitrogen and oxygen atoms in total. The van der Waals surface area contributed by atoms with Crippen LogP contribution in [0.15, 0.2) is 36.4 Å². The van der Waals surface area contributed by atoms with Crippen molar-refractivity contribution < 1.29 is 14.1 Å². The van der Waals surface area contributed by atoms with Crippen LogP contribution in [0.2, 0.25) is 5.02 Å². The lowest BCUT2D eigenvalue weighted by Crippen LogP contribution is -2.22. The number of benzene rings is 2. The van der Waals surface area contributed by atoms with Gasteiger partial charge in [0.25, 0.3) is 5.69 Å². The van der Waals surface area contributed by atoms with E-state index in [1.807, 2.05) is 0 Å². The molecule has 0 aromatic heterocycles. The highest BCUT2D eigenvalue weighted by atomic mass is 35.5. The molecule has 0 saturated carbocycles. The summed E-state index contributed by atoms with van der Waals surface area (Å²) in [5.41, 5.74) is 0.692. The summed E-state index contributed by atoms with van der Waals surface area (Å²) >= 11 is 5.65. The van der Waals surface area contributed by atoms with Crippen LogP contribution in [0.1, 0.15) is 5.56 Å². The van der Waals surface area contributed by atoms with Crippen molar-refractivity contribution in [3.05, 3.63) is 62.9 Å². The average Bonchev–Trinajstić information content (AvgIpc) is 2.50. The molecule has 1 amide bonds. The van der Waals surface area contributed by atoms with Crippen molar-refractivity contribution in [2.45, 2.75) is 6.92 Å². The topological polar surface area (TPSA) is 84.3 Å². The van der Waals surface area contributed by atoms with E-state index in [0.29, 0.717) is 11.3 Å². The Balaban J connectivity index is 2.04. The molecule has 0 fully saturated rings. The summed E-state index contributed by atoms with van der Waals surface area (Å²) in [6.45, 7) is 1.33. The number of nitrogens with one attached hydrogen (secondary N) is 2. The van der Waals surface area contributed by atoms with Gasteiger partial charge in [0.2, 0.25) is 5.91 Å². The van der Waals surface area contributed by atoms with E-state index in [4.69, 9.17) is 11.6 Å². The molecular weight excluding hydrogens is 325 g/mol. The number of carbonyl (C=O) groups is 1. The Kier molecular flexibility index (Phi) is 5.13. The third-order valence-electron chi connectivity index (χ3n) is 3.17. The van der Waals surface area contributed by atoms with Crippen molar-refractivity contribution in [1.29, 1.82) is 0 Å². The fraction of sp³-hybridized carbons (Fsp3) is 0.133. The normalized spacial score (nSPS) is 10.2. The van der Waals surface area contributed by atoms with E-state index in [0.717, 1.165) is 0 Å². The first kappa shape index (κ1) is 16.7. The van der Waals surface area contributed by atoms with Crippen molar-refractivity contribution >= 4 is 34.6 Å². The van der Waals surface area contributed by atoms with Crippen LogP contribution < -0.4 is 10.6 Å². The van der Waals surface area contributed by atoms with Crippen molar-refractivity contribution in [2.24, 2.45) is 0 Å². The molecule has 0 aliphatic heterocycles. The number of hydrogen-bond donors (Lipinski definition) is 2. The lowest BCUT2D eigenvalue weighted by atomic mass is 10.1. The summed E-state index contributed by atoms with van der Waals surface area (Å²) in [4.78, 5) is 22.3. The van der Waals surface area contributed by atoms with Gasteiger partial charge in [-0.3, -0.25) is 14.9 Å². The molecule has 8 heteroatoms. The Bertz CT molecular complexity index is 768. The molecule has 0 spiro atoms. The SMILES string of the molecule is Cc1c(NC(=O)CNc2cccc(Cl)c2F)cccc1[N+](=O)[O-]. The molecule has 120 valence electrons. The van der Waals surface area contributed by atoms with E-state index in [1.165, 1.54) is 31.2 Å². The fourth-order valence-electron chi connectivity index (χ4n) is 1.97. The molecule has 0 saturated heterocycles. The van der Waals surface area contributed by atoms with Gasteiger partial charge < -0.3 is 10.6 Å². The van der Waals surface area contributed by atoms with E-state index in [9.17, 15) is 19.3 Å². The predicted molar refractivity (Wildman–Crippen MR) is 86.4 cm³/mol. The summed E-state index contributed by atoms with van der Waals surface area (Å²) in [6.07, 6.45) is 0. The summed E-state index contributed by atoms with van der Waals surface area (Å²) in [5.74, 6) is -1.11. The van der Waals surface area contributed by atoms with Gasteiger partial charge in [-0.2, -0.15) is 0 Å². The molecule has 2 aromatic carbocycles. The molecule has 0 heterocycles. The molecule has 0 aliphatic carbocycles. The average molecular weight is 338 g/mol. The highest BCUT2D eigenvalue weighted by molar-refractivity contribution is 6.31. The monoisotopic (exact) mass is 337 g/mol. The third-order valence-corrected chi connectivity index (χ3v) is 3.46. The van der Waals surface area contributed by atoms with Crippen molar-refractivity contribution in [3.63, 3.8) is 0 Å². The third kappa shape index (κ3) is 3.95. The van der Waals surface area contributed by atoms with Crippen molar-refractivity contribution in [1.82, 2.24) is 0 Å². The molecule has 0 aliphatic rings. The summed E-state index contributed by atoms with van der Waals surface area (Å²) in [6, 6.07) is 8.79. The van der Waals surface area contributed by atoms with E-state index in [1.54, 1.807) is 12.1 Å². The molecule has 2 aromatic rings. The van der Waals surface area contributed by atoms with Gasteiger partial charge in [0.05, 0.1) is 33.4 Å². The number of amides is 1.